The number of carboxylic acid groups (broad SMARTS) is 1. The standard InChI is InChI=1S/C22H27FN4O6/c1-11(28)25-7-13-8-27(21(31)32-13)12-4-5-17(16(23)6-12)26-9-14-15(10-26)18(14)19(24)33-22(2,3)20(29)30/h4-6,13-15,18,24H,7-10H2,1-3H3,(H,25,28)(H,29,30)/t13-,14-,15+,18?/m0/s1. The average molecular weight is 462 g/mol. The number of piperidine rings is 1. The van der Waals surface area contributed by atoms with Crippen molar-refractivity contribution in [2.75, 3.05) is 36.0 Å². The zero-order valence-electron chi connectivity index (χ0n) is 18.6. The van der Waals surface area contributed by atoms with Crippen molar-refractivity contribution < 1.29 is 33.4 Å². The van der Waals surface area contributed by atoms with E-state index in [-0.39, 0.29) is 42.6 Å². The lowest BCUT2D eigenvalue weighted by molar-refractivity contribution is -0.153. The largest absolute Gasteiger partial charge is 0.478 e. The van der Waals surface area contributed by atoms with Gasteiger partial charge in [0, 0.05) is 25.9 Å². The van der Waals surface area contributed by atoms with Gasteiger partial charge in [0.15, 0.2) is 5.90 Å². The van der Waals surface area contributed by atoms with Gasteiger partial charge in [0.25, 0.3) is 0 Å². The van der Waals surface area contributed by atoms with Gasteiger partial charge in [-0.05, 0) is 43.9 Å². The van der Waals surface area contributed by atoms with E-state index in [0.717, 1.165) is 0 Å². The number of amides is 2. The Morgan fingerprint density at radius 2 is 1.97 bits per heavy atom. The van der Waals surface area contributed by atoms with E-state index in [4.69, 9.17) is 14.9 Å². The molecular formula is C22H27FN4O6. The summed E-state index contributed by atoms with van der Waals surface area (Å²) >= 11 is 0. The monoisotopic (exact) mass is 462 g/mol. The lowest BCUT2D eigenvalue weighted by Crippen LogP contribution is -2.38. The Kier molecular flexibility index (Phi) is 5.67. The van der Waals surface area contributed by atoms with Crippen LogP contribution in [0.2, 0.25) is 0 Å². The lowest BCUT2D eigenvalue weighted by Gasteiger charge is -2.26. The van der Waals surface area contributed by atoms with Gasteiger partial charge < -0.3 is 24.8 Å². The van der Waals surface area contributed by atoms with E-state index in [2.05, 4.69) is 5.32 Å². The Morgan fingerprint density at radius 1 is 1.30 bits per heavy atom. The van der Waals surface area contributed by atoms with Crippen molar-refractivity contribution in [1.29, 1.82) is 5.41 Å². The molecule has 0 aromatic heterocycles. The van der Waals surface area contributed by atoms with Crippen molar-refractivity contribution in [3.05, 3.63) is 24.0 Å². The van der Waals surface area contributed by atoms with E-state index in [1.807, 2.05) is 4.90 Å². The topological polar surface area (TPSA) is 132 Å². The minimum Gasteiger partial charge on any atom is -0.478 e. The van der Waals surface area contributed by atoms with Crippen LogP contribution >= 0.6 is 0 Å². The van der Waals surface area contributed by atoms with Gasteiger partial charge in [0.05, 0.1) is 24.5 Å². The van der Waals surface area contributed by atoms with Crippen molar-refractivity contribution in [2.45, 2.75) is 32.5 Å². The number of halogens is 1. The molecule has 11 heteroatoms. The number of anilines is 2. The van der Waals surface area contributed by atoms with E-state index in [1.54, 1.807) is 12.1 Å². The Balaban J connectivity index is 1.35. The molecule has 1 aliphatic carbocycles. The number of rotatable bonds is 7. The molecule has 1 saturated carbocycles. The van der Waals surface area contributed by atoms with E-state index in [0.29, 0.717) is 24.5 Å². The Morgan fingerprint density at radius 3 is 2.55 bits per heavy atom. The molecule has 0 radical (unpaired) electrons. The summed E-state index contributed by atoms with van der Waals surface area (Å²) in [5, 5.41) is 19.9. The van der Waals surface area contributed by atoms with Crippen LogP contribution in [0.3, 0.4) is 0 Å². The van der Waals surface area contributed by atoms with E-state index >= 15 is 0 Å². The van der Waals surface area contributed by atoms with Gasteiger partial charge in [-0.25, -0.2) is 14.0 Å². The maximum Gasteiger partial charge on any atom is 0.414 e. The molecule has 2 saturated heterocycles. The maximum absolute atomic E-state index is 14.9. The van der Waals surface area contributed by atoms with Gasteiger partial charge in [0.2, 0.25) is 11.5 Å². The smallest absolute Gasteiger partial charge is 0.414 e. The first-order chi connectivity index (χ1) is 15.5. The number of aliphatic carboxylic acids is 1. The lowest BCUT2D eigenvalue weighted by atomic mass is 10.1. The number of carbonyl (C=O) groups excluding carboxylic acids is 2. The number of benzene rings is 1. The number of hydrogen-bond acceptors (Lipinski definition) is 7. The van der Waals surface area contributed by atoms with Crippen LogP contribution in [0.15, 0.2) is 18.2 Å². The second-order valence-corrected chi connectivity index (χ2v) is 9.23. The van der Waals surface area contributed by atoms with Crippen molar-refractivity contribution in [3.63, 3.8) is 0 Å². The molecule has 2 heterocycles. The molecule has 3 aliphatic rings. The van der Waals surface area contributed by atoms with E-state index in [1.165, 1.54) is 31.7 Å². The van der Waals surface area contributed by atoms with Gasteiger partial charge in [0.1, 0.15) is 11.9 Å². The van der Waals surface area contributed by atoms with Crippen LogP contribution in [-0.2, 0) is 19.1 Å². The molecule has 33 heavy (non-hydrogen) atoms. The van der Waals surface area contributed by atoms with Crippen LogP contribution in [0.1, 0.15) is 20.8 Å². The fourth-order valence-corrected chi connectivity index (χ4v) is 4.51. The van der Waals surface area contributed by atoms with Gasteiger partial charge in [-0.2, -0.15) is 0 Å². The third kappa shape index (κ3) is 4.44. The molecule has 4 atom stereocenters. The molecule has 2 amide bonds. The highest BCUT2D eigenvalue weighted by molar-refractivity contribution is 5.90. The molecule has 0 spiro atoms. The Labute approximate surface area is 190 Å². The molecule has 1 aromatic rings. The normalized spacial score (nSPS) is 26.0. The van der Waals surface area contributed by atoms with Crippen molar-refractivity contribution >= 4 is 35.2 Å². The summed E-state index contributed by atoms with van der Waals surface area (Å²) in [6.45, 7) is 5.66. The molecule has 0 bridgehead atoms. The summed E-state index contributed by atoms with van der Waals surface area (Å²) in [5.74, 6) is -1.78. The van der Waals surface area contributed by atoms with Crippen LogP contribution in [0.5, 0.6) is 0 Å². The highest BCUT2D eigenvalue weighted by Crippen LogP contribution is 2.54. The third-order valence-corrected chi connectivity index (χ3v) is 6.41. The molecular weight excluding hydrogens is 435 g/mol. The molecule has 4 rings (SSSR count). The fraction of sp³-hybridized carbons (Fsp3) is 0.545. The highest BCUT2D eigenvalue weighted by Gasteiger charge is 2.59. The number of hydrogen-bond donors (Lipinski definition) is 3. The highest BCUT2D eigenvalue weighted by atomic mass is 19.1. The average Bonchev–Trinajstić information content (AvgIpc) is 3.04. The molecule has 3 fully saturated rings. The zero-order chi connectivity index (χ0) is 24.1. The van der Waals surface area contributed by atoms with Crippen LogP contribution in [0.4, 0.5) is 20.6 Å². The molecule has 3 N–H and O–H groups in total. The summed E-state index contributed by atoms with van der Waals surface area (Å²) in [4.78, 5) is 37.7. The first-order valence-electron chi connectivity index (χ1n) is 10.8. The Hall–Kier alpha value is -3.37. The van der Waals surface area contributed by atoms with Gasteiger partial charge in [-0.3, -0.25) is 15.1 Å². The maximum atomic E-state index is 14.9. The van der Waals surface area contributed by atoms with Crippen molar-refractivity contribution in [2.24, 2.45) is 17.8 Å². The van der Waals surface area contributed by atoms with Gasteiger partial charge >= 0.3 is 12.1 Å². The summed E-state index contributed by atoms with van der Waals surface area (Å²) in [6, 6.07) is 4.57. The SMILES string of the molecule is CC(=O)NC[C@H]1CN(c2ccc(N3C[C@@H]4C(C(=N)OC(C)(C)C(=O)O)[C@@H]4C3)c(F)c2)C(=O)O1. The predicted molar refractivity (Wildman–Crippen MR) is 116 cm³/mol. The minimum atomic E-state index is -1.46. The number of cyclic esters (lactones) is 1. The fourth-order valence-electron chi connectivity index (χ4n) is 4.51. The number of ether oxygens (including phenoxy) is 2. The Bertz CT molecular complexity index is 1000. The van der Waals surface area contributed by atoms with Crippen LogP contribution in [0, 0.1) is 29.0 Å². The summed E-state index contributed by atoms with van der Waals surface area (Å²) < 4.78 is 25.5. The summed E-state index contributed by atoms with van der Waals surface area (Å²) in [6.07, 6.45) is -1.10. The van der Waals surface area contributed by atoms with Crippen LogP contribution in [-0.4, -0.2) is 66.9 Å². The molecule has 1 aromatic carbocycles. The van der Waals surface area contributed by atoms with Gasteiger partial charge in [-0.15, -0.1) is 0 Å². The third-order valence-electron chi connectivity index (χ3n) is 6.41. The number of nitrogens with zero attached hydrogens (tertiary/aromatic N) is 2. The van der Waals surface area contributed by atoms with E-state index < -0.39 is 29.6 Å². The van der Waals surface area contributed by atoms with E-state index in [9.17, 15) is 23.9 Å². The molecule has 1 unspecified atom stereocenters. The number of fused-ring (bicyclic) bond motifs is 1. The van der Waals surface area contributed by atoms with Crippen molar-refractivity contribution in [3.8, 4) is 0 Å². The second kappa shape index (κ2) is 8.20. The van der Waals surface area contributed by atoms with Crippen molar-refractivity contribution in [1.82, 2.24) is 5.32 Å². The van der Waals surface area contributed by atoms with Crippen LogP contribution < -0.4 is 15.1 Å². The number of carbonyl (C=O) groups is 3. The first-order valence-corrected chi connectivity index (χ1v) is 10.8. The molecule has 2 aliphatic heterocycles. The van der Waals surface area contributed by atoms with Crippen LogP contribution in [0.25, 0.3) is 0 Å². The number of nitrogens with one attached hydrogen (secondary N) is 2. The number of carboxylic acids is 1. The molecule has 10 nitrogen and oxygen atoms in total. The zero-order valence-corrected chi connectivity index (χ0v) is 18.6. The summed E-state index contributed by atoms with van der Waals surface area (Å²) in [5.41, 5.74) is -0.682. The first kappa shape index (κ1) is 22.8. The summed E-state index contributed by atoms with van der Waals surface area (Å²) in [7, 11) is 0. The quantitative estimate of drug-likeness (QED) is 0.416. The minimum absolute atomic E-state index is 0.0331. The second-order valence-electron chi connectivity index (χ2n) is 9.23. The van der Waals surface area contributed by atoms with Gasteiger partial charge in [-0.1, -0.05) is 0 Å². The predicted octanol–water partition coefficient (Wildman–Crippen LogP) is 1.83. The molecule has 178 valence electrons.